The summed E-state index contributed by atoms with van der Waals surface area (Å²) in [6.07, 6.45) is 17.3. The Bertz CT molecular complexity index is 762. The van der Waals surface area contributed by atoms with E-state index in [1.807, 2.05) is 11.8 Å². The third-order valence-corrected chi connectivity index (χ3v) is 8.22. The van der Waals surface area contributed by atoms with E-state index in [9.17, 15) is 0 Å². The molecule has 3 heterocycles. The lowest BCUT2D eigenvalue weighted by Gasteiger charge is -2.55. The van der Waals surface area contributed by atoms with Gasteiger partial charge >= 0.3 is 0 Å². The van der Waals surface area contributed by atoms with Crippen molar-refractivity contribution in [1.82, 2.24) is 9.88 Å². The van der Waals surface area contributed by atoms with Crippen molar-refractivity contribution in [2.45, 2.75) is 70.8 Å². The quantitative estimate of drug-likeness (QED) is 0.612. The number of piperidine rings is 1. The maximum Gasteiger partial charge on any atom is 0.0343 e. The van der Waals surface area contributed by atoms with Gasteiger partial charge in [0.15, 0.2) is 0 Å². The van der Waals surface area contributed by atoms with Crippen molar-refractivity contribution in [2.24, 2.45) is 11.3 Å². The summed E-state index contributed by atoms with van der Waals surface area (Å²) in [7, 11) is 0. The van der Waals surface area contributed by atoms with Gasteiger partial charge < -0.3 is 0 Å². The maximum atomic E-state index is 4.39. The van der Waals surface area contributed by atoms with Crippen LogP contribution in [0.1, 0.15) is 70.8 Å². The van der Waals surface area contributed by atoms with Crippen LogP contribution >= 0.6 is 0 Å². The summed E-state index contributed by atoms with van der Waals surface area (Å²) in [6, 6.07) is 4.33. The molecule has 26 heavy (non-hydrogen) atoms. The van der Waals surface area contributed by atoms with Gasteiger partial charge in [0.2, 0.25) is 0 Å². The van der Waals surface area contributed by atoms with Crippen LogP contribution in [0.4, 0.5) is 0 Å². The molecule has 5 rings (SSSR count). The molecule has 0 aromatic carbocycles. The van der Waals surface area contributed by atoms with E-state index in [0.29, 0.717) is 5.54 Å². The number of allylic oxidation sites excluding steroid dienone is 3. The molecule has 2 nitrogen and oxygen atoms in total. The van der Waals surface area contributed by atoms with Crippen LogP contribution in [0.3, 0.4) is 0 Å². The minimum atomic E-state index is 0.248. The zero-order chi connectivity index (χ0) is 17.8. The van der Waals surface area contributed by atoms with Crippen molar-refractivity contribution < 1.29 is 0 Å². The second-order valence-electron chi connectivity index (χ2n) is 9.40. The third kappa shape index (κ3) is 2.30. The Morgan fingerprint density at radius 1 is 1.12 bits per heavy atom. The summed E-state index contributed by atoms with van der Waals surface area (Å²) >= 11 is 0. The van der Waals surface area contributed by atoms with E-state index in [-0.39, 0.29) is 5.41 Å². The smallest absolute Gasteiger partial charge is 0.0343 e. The molecule has 1 unspecified atom stereocenters. The van der Waals surface area contributed by atoms with E-state index in [0.717, 1.165) is 5.92 Å². The van der Waals surface area contributed by atoms with Gasteiger partial charge in [-0.25, -0.2) is 0 Å². The predicted octanol–water partition coefficient (Wildman–Crippen LogP) is 5.62. The zero-order valence-corrected chi connectivity index (χ0v) is 16.4. The van der Waals surface area contributed by atoms with Crippen LogP contribution in [0.2, 0.25) is 0 Å². The van der Waals surface area contributed by atoms with Crippen LogP contribution in [-0.2, 0) is 0 Å². The highest BCUT2D eigenvalue weighted by molar-refractivity contribution is 5.77. The van der Waals surface area contributed by atoms with Crippen LogP contribution in [0.15, 0.2) is 41.7 Å². The molecule has 138 valence electrons. The van der Waals surface area contributed by atoms with E-state index in [1.54, 1.807) is 11.1 Å². The number of pyridine rings is 1. The second kappa shape index (κ2) is 6.05. The van der Waals surface area contributed by atoms with Crippen molar-refractivity contribution >= 4 is 5.57 Å². The molecule has 0 saturated carbocycles. The molecule has 0 spiro atoms. The molecule has 2 fully saturated rings. The Morgan fingerprint density at radius 2 is 2.04 bits per heavy atom. The fraction of sp³-hybridized carbons (Fsp3) is 0.625. The molecule has 4 aliphatic rings. The SMILES string of the molecule is C[C@]12CCC3C(=C1CC=C2c1cccnc1)CCN1CCCCC[C@]31C. The van der Waals surface area contributed by atoms with Crippen LogP contribution in [0, 0.1) is 11.3 Å². The number of fused-ring (bicyclic) bond motifs is 4. The van der Waals surface area contributed by atoms with E-state index in [2.05, 4.69) is 48.1 Å². The van der Waals surface area contributed by atoms with E-state index in [1.165, 1.54) is 70.0 Å². The van der Waals surface area contributed by atoms with E-state index < -0.39 is 0 Å². The molecule has 3 atom stereocenters. The minimum Gasteiger partial charge on any atom is -0.297 e. The van der Waals surface area contributed by atoms with Gasteiger partial charge in [-0.15, -0.1) is 0 Å². The van der Waals surface area contributed by atoms with Crippen LogP contribution in [-0.4, -0.2) is 28.5 Å². The lowest BCUT2D eigenvalue weighted by atomic mass is 9.59. The molecule has 2 aliphatic heterocycles. The monoisotopic (exact) mass is 348 g/mol. The zero-order valence-electron chi connectivity index (χ0n) is 16.4. The summed E-state index contributed by atoms with van der Waals surface area (Å²) in [5, 5.41) is 0. The third-order valence-electron chi connectivity index (χ3n) is 8.22. The first-order valence-corrected chi connectivity index (χ1v) is 10.7. The number of rotatable bonds is 1. The molecule has 0 amide bonds. The van der Waals surface area contributed by atoms with Crippen molar-refractivity contribution in [3.63, 3.8) is 0 Å². The highest BCUT2D eigenvalue weighted by atomic mass is 15.2. The van der Waals surface area contributed by atoms with Gasteiger partial charge in [0.05, 0.1) is 0 Å². The Labute approximate surface area is 158 Å². The summed E-state index contributed by atoms with van der Waals surface area (Å²) in [6.45, 7) is 7.71. The molecule has 2 aliphatic carbocycles. The Balaban J connectivity index is 1.54. The van der Waals surface area contributed by atoms with Gasteiger partial charge in [-0.2, -0.15) is 0 Å². The topological polar surface area (TPSA) is 16.1 Å². The van der Waals surface area contributed by atoms with Gasteiger partial charge in [0.1, 0.15) is 0 Å². The number of hydrogen-bond donors (Lipinski definition) is 0. The summed E-state index contributed by atoms with van der Waals surface area (Å²) in [5.74, 6) is 0.791. The van der Waals surface area contributed by atoms with Gasteiger partial charge in [-0.05, 0) is 75.1 Å². The minimum absolute atomic E-state index is 0.248. The molecule has 1 aromatic heterocycles. The first-order valence-electron chi connectivity index (χ1n) is 10.7. The molecule has 2 saturated heterocycles. The summed E-state index contributed by atoms with van der Waals surface area (Å²) < 4.78 is 0. The predicted molar refractivity (Wildman–Crippen MR) is 108 cm³/mol. The second-order valence-corrected chi connectivity index (χ2v) is 9.40. The van der Waals surface area contributed by atoms with Crippen molar-refractivity contribution in [2.75, 3.05) is 13.1 Å². The standard InChI is InChI=1S/C24H32N2/c1-23-13-10-22-19(11-16-26-15-5-3-4-12-24(22,26)2)21(23)9-8-20(23)18-7-6-14-25-17-18/h6-8,14,17,22H,3-5,9-13,15-16H2,1-2H3/t22?,23-,24-/m1/s1. The molecule has 0 N–H and O–H groups in total. The summed E-state index contributed by atoms with van der Waals surface area (Å²) in [4.78, 5) is 7.25. The van der Waals surface area contributed by atoms with Crippen molar-refractivity contribution in [1.29, 1.82) is 0 Å². The van der Waals surface area contributed by atoms with Crippen LogP contribution in [0.5, 0.6) is 0 Å². The fourth-order valence-electron chi connectivity index (χ4n) is 6.77. The first kappa shape index (κ1) is 16.7. The van der Waals surface area contributed by atoms with Crippen LogP contribution in [0.25, 0.3) is 5.57 Å². The fourth-order valence-corrected chi connectivity index (χ4v) is 6.77. The Hall–Kier alpha value is -1.41. The Kier molecular flexibility index (Phi) is 3.90. The van der Waals surface area contributed by atoms with E-state index >= 15 is 0 Å². The number of nitrogens with zero attached hydrogens (tertiary/aromatic N) is 2. The molecule has 1 aromatic rings. The first-order chi connectivity index (χ1) is 12.6. The highest BCUT2D eigenvalue weighted by Crippen LogP contribution is 2.60. The van der Waals surface area contributed by atoms with Gasteiger partial charge in [-0.1, -0.05) is 43.1 Å². The molecule has 2 heteroatoms. The highest BCUT2D eigenvalue weighted by Gasteiger charge is 2.51. The Morgan fingerprint density at radius 3 is 2.88 bits per heavy atom. The van der Waals surface area contributed by atoms with Gasteiger partial charge in [0, 0.05) is 29.9 Å². The van der Waals surface area contributed by atoms with Crippen molar-refractivity contribution in [3.05, 3.63) is 47.3 Å². The number of hydrogen-bond acceptors (Lipinski definition) is 2. The number of aromatic nitrogens is 1. The van der Waals surface area contributed by atoms with Crippen LogP contribution < -0.4 is 0 Å². The molecule has 0 radical (unpaired) electrons. The van der Waals surface area contributed by atoms with E-state index in [4.69, 9.17) is 0 Å². The van der Waals surface area contributed by atoms with Crippen molar-refractivity contribution in [3.8, 4) is 0 Å². The lowest BCUT2D eigenvalue weighted by molar-refractivity contribution is 0.0247. The normalized spacial score (nSPS) is 37.5. The molecular weight excluding hydrogens is 316 g/mol. The van der Waals surface area contributed by atoms with Gasteiger partial charge in [0.25, 0.3) is 0 Å². The molecular formula is C24H32N2. The summed E-state index contributed by atoms with van der Waals surface area (Å²) in [5.41, 5.74) is 7.16. The maximum absolute atomic E-state index is 4.39. The lowest BCUT2D eigenvalue weighted by Crippen LogP contribution is -2.57. The largest absolute Gasteiger partial charge is 0.297 e. The average molecular weight is 349 g/mol. The average Bonchev–Trinajstić information content (AvgIpc) is 2.88. The molecule has 0 bridgehead atoms. The van der Waals surface area contributed by atoms with Gasteiger partial charge in [-0.3, -0.25) is 9.88 Å².